The largest absolute Gasteiger partial charge is 0.397 e. The van der Waals surface area contributed by atoms with Crippen LogP contribution in [0.1, 0.15) is 61.0 Å². The van der Waals surface area contributed by atoms with Gasteiger partial charge in [0.05, 0.1) is 23.1 Å². The lowest BCUT2D eigenvalue weighted by atomic mass is 9.88. The molecule has 2 fully saturated rings. The number of carbonyl (C=O) groups excluding carboxylic acids is 1. The number of aryl methyl sites for hydroxylation is 1. The van der Waals surface area contributed by atoms with Crippen molar-refractivity contribution in [2.24, 2.45) is 5.92 Å². The zero-order valence-corrected chi connectivity index (χ0v) is 12.8. The van der Waals surface area contributed by atoms with Crippen molar-refractivity contribution < 1.29 is 4.79 Å². The van der Waals surface area contributed by atoms with Gasteiger partial charge in [-0.3, -0.25) is 9.78 Å². The van der Waals surface area contributed by atoms with Crippen molar-refractivity contribution >= 4 is 11.6 Å². The number of nitrogens with zero attached hydrogens (tertiary/aromatic N) is 2. The highest BCUT2D eigenvalue weighted by atomic mass is 16.2. The van der Waals surface area contributed by atoms with Gasteiger partial charge in [0.2, 0.25) is 0 Å². The number of hydrogen-bond acceptors (Lipinski definition) is 3. The fourth-order valence-corrected chi connectivity index (χ4v) is 3.35. The summed E-state index contributed by atoms with van der Waals surface area (Å²) >= 11 is 0. The van der Waals surface area contributed by atoms with Crippen molar-refractivity contribution in [3.05, 3.63) is 23.5 Å². The van der Waals surface area contributed by atoms with Crippen LogP contribution in [-0.4, -0.2) is 28.4 Å². The van der Waals surface area contributed by atoms with Crippen LogP contribution in [0.2, 0.25) is 0 Å². The molecule has 0 aliphatic heterocycles. The number of hydrogen-bond donors (Lipinski definition) is 1. The van der Waals surface area contributed by atoms with Crippen LogP contribution in [0.25, 0.3) is 0 Å². The minimum Gasteiger partial charge on any atom is -0.397 e. The number of pyridine rings is 1. The van der Waals surface area contributed by atoms with Gasteiger partial charge in [0.15, 0.2) is 0 Å². The van der Waals surface area contributed by atoms with E-state index in [1.807, 2.05) is 6.92 Å². The van der Waals surface area contributed by atoms with E-state index in [-0.39, 0.29) is 5.91 Å². The average molecular weight is 287 g/mol. The molecule has 0 saturated heterocycles. The number of nitrogen functional groups attached to an aromatic ring is 1. The third-order valence-electron chi connectivity index (χ3n) is 4.77. The number of nitrogens with two attached hydrogens (primary N) is 1. The number of rotatable bonds is 4. The van der Waals surface area contributed by atoms with Crippen molar-refractivity contribution in [3.63, 3.8) is 0 Å². The van der Waals surface area contributed by atoms with Crippen LogP contribution in [-0.2, 0) is 0 Å². The van der Waals surface area contributed by atoms with Gasteiger partial charge in [-0.1, -0.05) is 19.3 Å². The lowest BCUT2D eigenvalue weighted by molar-refractivity contribution is 0.0697. The van der Waals surface area contributed by atoms with Gasteiger partial charge < -0.3 is 10.6 Å². The third kappa shape index (κ3) is 3.36. The summed E-state index contributed by atoms with van der Waals surface area (Å²) in [5.41, 5.74) is 7.83. The van der Waals surface area contributed by atoms with E-state index >= 15 is 0 Å². The standard InChI is InChI=1S/C17H25N3O/c1-12-16(9-14(18)10-19-12)17(21)20(15-7-8-15)11-13-5-3-2-4-6-13/h9-10,13,15H,2-8,11,18H2,1H3. The summed E-state index contributed by atoms with van der Waals surface area (Å²) in [5.74, 6) is 0.804. The Bertz CT molecular complexity index is 519. The Morgan fingerprint density at radius 2 is 2.00 bits per heavy atom. The summed E-state index contributed by atoms with van der Waals surface area (Å²) in [4.78, 5) is 19.2. The van der Waals surface area contributed by atoms with E-state index < -0.39 is 0 Å². The SMILES string of the molecule is Cc1ncc(N)cc1C(=O)N(CC1CCCCC1)C1CC1. The molecule has 2 saturated carbocycles. The molecular weight excluding hydrogens is 262 g/mol. The maximum atomic E-state index is 12.9. The van der Waals surface area contributed by atoms with Gasteiger partial charge >= 0.3 is 0 Å². The molecule has 4 heteroatoms. The molecule has 1 aromatic rings. The Balaban J connectivity index is 1.76. The minimum atomic E-state index is 0.125. The summed E-state index contributed by atoms with van der Waals surface area (Å²) in [5, 5.41) is 0. The molecule has 0 radical (unpaired) electrons. The van der Waals surface area contributed by atoms with Crippen molar-refractivity contribution in [2.75, 3.05) is 12.3 Å². The van der Waals surface area contributed by atoms with Crippen LogP contribution < -0.4 is 5.73 Å². The zero-order chi connectivity index (χ0) is 14.8. The maximum Gasteiger partial charge on any atom is 0.256 e. The molecule has 1 heterocycles. The molecule has 1 amide bonds. The van der Waals surface area contributed by atoms with E-state index in [1.54, 1.807) is 12.3 Å². The molecule has 1 aromatic heterocycles. The zero-order valence-electron chi connectivity index (χ0n) is 12.8. The second-order valence-corrected chi connectivity index (χ2v) is 6.59. The van der Waals surface area contributed by atoms with Crippen LogP contribution in [0.3, 0.4) is 0 Å². The van der Waals surface area contributed by atoms with E-state index in [2.05, 4.69) is 9.88 Å². The molecule has 114 valence electrons. The van der Waals surface area contributed by atoms with Gasteiger partial charge in [-0.15, -0.1) is 0 Å². The number of amides is 1. The smallest absolute Gasteiger partial charge is 0.256 e. The first-order valence-electron chi connectivity index (χ1n) is 8.18. The molecule has 0 bridgehead atoms. The summed E-state index contributed by atoms with van der Waals surface area (Å²) in [6.45, 7) is 2.80. The Hall–Kier alpha value is -1.58. The normalized spacial score (nSPS) is 19.5. The summed E-state index contributed by atoms with van der Waals surface area (Å²) in [6, 6.07) is 2.22. The third-order valence-corrected chi connectivity index (χ3v) is 4.77. The van der Waals surface area contributed by atoms with E-state index in [0.717, 1.165) is 25.1 Å². The molecule has 2 N–H and O–H groups in total. The predicted molar refractivity (Wildman–Crippen MR) is 84.0 cm³/mol. The number of aromatic nitrogens is 1. The lowest BCUT2D eigenvalue weighted by Gasteiger charge is -2.30. The average Bonchev–Trinajstić information content (AvgIpc) is 3.32. The first-order valence-corrected chi connectivity index (χ1v) is 8.18. The van der Waals surface area contributed by atoms with E-state index in [4.69, 9.17) is 5.73 Å². The first kappa shape index (κ1) is 14.4. The summed E-state index contributed by atoms with van der Waals surface area (Å²) in [6.07, 6.45) is 10.4. The lowest BCUT2D eigenvalue weighted by Crippen LogP contribution is -2.38. The molecule has 0 atom stereocenters. The van der Waals surface area contributed by atoms with E-state index in [9.17, 15) is 4.79 Å². The molecule has 0 spiro atoms. The highest BCUT2D eigenvalue weighted by Gasteiger charge is 2.35. The van der Waals surface area contributed by atoms with Crippen LogP contribution in [0.15, 0.2) is 12.3 Å². The first-order chi connectivity index (χ1) is 10.1. The second-order valence-electron chi connectivity index (χ2n) is 6.59. The van der Waals surface area contributed by atoms with Crippen molar-refractivity contribution in [1.29, 1.82) is 0 Å². The quantitative estimate of drug-likeness (QED) is 0.925. The summed E-state index contributed by atoms with van der Waals surface area (Å²) < 4.78 is 0. The monoisotopic (exact) mass is 287 g/mol. The number of anilines is 1. The highest BCUT2D eigenvalue weighted by molar-refractivity contribution is 5.96. The van der Waals surface area contributed by atoms with Gasteiger partial charge in [-0.05, 0) is 44.6 Å². The van der Waals surface area contributed by atoms with Gasteiger partial charge in [0.25, 0.3) is 5.91 Å². The van der Waals surface area contributed by atoms with Gasteiger partial charge in [0, 0.05) is 12.6 Å². The van der Waals surface area contributed by atoms with Gasteiger partial charge in [-0.25, -0.2) is 0 Å². The molecular formula is C17H25N3O. The van der Waals surface area contributed by atoms with E-state index in [0.29, 0.717) is 23.2 Å². The molecule has 2 aliphatic carbocycles. The fraction of sp³-hybridized carbons (Fsp3) is 0.647. The Morgan fingerprint density at radius 1 is 1.29 bits per heavy atom. The second kappa shape index (κ2) is 6.04. The van der Waals surface area contributed by atoms with Crippen LogP contribution in [0, 0.1) is 12.8 Å². The van der Waals surface area contributed by atoms with Gasteiger partial charge in [-0.2, -0.15) is 0 Å². The van der Waals surface area contributed by atoms with Crippen molar-refractivity contribution in [2.45, 2.75) is 57.9 Å². The van der Waals surface area contributed by atoms with Crippen LogP contribution >= 0.6 is 0 Å². The Morgan fingerprint density at radius 3 is 2.67 bits per heavy atom. The fourth-order valence-electron chi connectivity index (χ4n) is 3.35. The molecule has 2 aliphatic rings. The Labute approximate surface area is 126 Å². The van der Waals surface area contributed by atoms with Crippen LogP contribution in [0.4, 0.5) is 5.69 Å². The topological polar surface area (TPSA) is 59.2 Å². The predicted octanol–water partition coefficient (Wildman–Crippen LogP) is 3.16. The minimum absolute atomic E-state index is 0.125. The Kier molecular flexibility index (Phi) is 4.13. The molecule has 4 nitrogen and oxygen atoms in total. The maximum absolute atomic E-state index is 12.9. The highest BCUT2D eigenvalue weighted by Crippen LogP contribution is 2.32. The molecule has 0 aromatic carbocycles. The van der Waals surface area contributed by atoms with Crippen LogP contribution in [0.5, 0.6) is 0 Å². The van der Waals surface area contributed by atoms with E-state index in [1.165, 1.54) is 32.1 Å². The molecule has 3 rings (SSSR count). The molecule has 0 unspecified atom stereocenters. The summed E-state index contributed by atoms with van der Waals surface area (Å²) in [7, 11) is 0. The van der Waals surface area contributed by atoms with Gasteiger partial charge in [0.1, 0.15) is 0 Å². The number of carbonyl (C=O) groups is 1. The van der Waals surface area contributed by atoms with Crippen molar-refractivity contribution in [3.8, 4) is 0 Å². The molecule has 21 heavy (non-hydrogen) atoms. The van der Waals surface area contributed by atoms with Crippen molar-refractivity contribution in [1.82, 2.24) is 9.88 Å².